The zero-order valence-electron chi connectivity index (χ0n) is 25.2. The predicted octanol–water partition coefficient (Wildman–Crippen LogP) is 1.85. The number of likely N-dealkylation sites (tertiary alicyclic amines) is 1. The molecule has 2 aliphatic rings. The number of hydrogen-bond acceptors (Lipinski definition) is 6. The number of alkyl halides is 2. The summed E-state index contributed by atoms with van der Waals surface area (Å²) in [4.78, 5) is 65.8. The lowest BCUT2D eigenvalue weighted by Crippen LogP contribution is -2.62. The number of aliphatic hydroxyl groups excluding tert-OH is 1. The van der Waals surface area contributed by atoms with Crippen molar-refractivity contribution in [2.45, 2.75) is 123 Å². The summed E-state index contributed by atoms with van der Waals surface area (Å²) in [5.74, 6) is -8.99. The van der Waals surface area contributed by atoms with Gasteiger partial charge in [-0.15, -0.1) is 0 Å². The molecule has 11 nitrogen and oxygen atoms in total. The molecule has 1 saturated heterocycles. The molecule has 234 valence electrons. The highest BCUT2D eigenvalue weighted by molar-refractivity contribution is 6.37. The predicted molar refractivity (Wildman–Crippen MR) is 148 cm³/mol. The fourth-order valence-electron chi connectivity index (χ4n) is 5.51. The van der Waals surface area contributed by atoms with Gasteiger partial charge in [0.05, 0.1) is 12.1 Å². The highest BCUT2D eigenvalue weighted by atomic mass is 19.3. The van der Waals surface area contributed by atoms with Crippen LogP contribution in [-0.4, -0.2) is 81.8 Å². The number of urea groups is 1. The van der Waals surface area contributed by atoms with Gasteiger partial charge < -0.3 is 31.7 Å². The van der Waals surface area contributed by atoms with E-state index in [1.165, 1.54) is 11.8 Å². The molecule has 0 spiro atoms. The number of halogens is 2. The Bertz CT molecular complexity index is 1020. The van der Waals surface area contributed by atoms with Gasteiger partial charge >= 0.3 is 6.03 Å². The number of rotatable bonds is 13. The van der Waals surface area contributed by atoms with Gasteiger partial charge in [-0.05, 0) is 44.9 Å². The largest absolute Gasteiger partial charge is 0.393 e. The number of carbonyl (C=O) groups is 5. The number of amides is 5. The minimum absolute atomic E-state index is 0.0694. The van der Waals surface area contributed by atoms with Crippen LogP contribution < -0.4 is 21.7 Å². The van der Waals surface area contributed by atoms with Gasteiger partial charge in [-0.1, -0.05) is 41.0 Å². The van der Waals surface area contributed by atoms with E-state index < -0.39 is 95.3 Å². The van der Waals surface area contributed by atoms with E-state index in [-0.39, 0.29) is 13.0 Å². The molecule has 0 radical (unpaired) electrons. The Balaban J connectivity index is 2.33. The molecule has 1 aliphatic heterocycles. The lowest BCUT2D eigenvalue weighted by Gasteiger charge is -2.38. The first-order valence-electron chi connectivity index (χ1n) is 14.4. The van der Waals surface area contributed by atoms with E-state index >= 15 is 0 Å². The molecule has 0 aromatic carbocycles. The third kappa shape index (κ3) is 8.59. The summed E-state index contributed by atoms with van der Waals surface area (Å²) in [7, 11) is 0. The van der Waals surface area contributed by atoms with Crippen LogP contribution in [0.5, 0.6) is 0 Å². The number of hydrogen-bond donors (Lipinski definition) is 5. The van der Waals surface area contributed by atoms with Gasteiger partial charge in [-0.3, -0.25) is 19.2 Å². The topological polar surface area (TPSA) is 171 Å². The second kappa shape index (κ2) is 13.0. The van der Waals surface area contributed by atoms with Crippen LogP contribution in [0.1, 0.15) is 87.0 Å². The van der Waals surface area contributed by atoms with Crippen molar-refractivity contribution in [2.75, 3.05) is 6.54 Å². The van der Waals surface area contributed by atoms with Crippen molar-refractivity contribution in [1.82, 2.24) is 20.9 Å². The van der Waals surface area contributed by atoms with Crippen LogP contribution in [0.2, 0.25) is 0 Å². The summed E-state index contributed by atoms with van der Waals surface area (Å²) in [5.41, 5.74) is 3.84. The van der Waals surface area contributed by atoms with E-state index in [9.17, 15) is 37.9 Å². The van der Waals surface area contributed by atoms with Crippen LogP contribution in [0.4, 0.5) is 13.6 Å². The van der Waals surface area contributed by atoms with Crippen molar-refractivity contribution in [3.63, 3.8) is 0 Å². The SMILES string of the molecule is CCCC(C)(CC)NC(=O)NC(C(=O)N1CCC([C@H](C)O)C1C(=O)NC(CC1CC1(F)F)C(=O)C(N)=O)C(C)(C)C. The number of ketones is 1. The van der Waals surface area contributed by atoms with E-state index in [0.717, 1.165) is 12.8 Å². The summed E-state index contributed by atoms with van der Waals surface area (Å²) in [6, 6.07) is -4.48. The van der Waals surface area contributed by atoms with Gasteiger partial charge in [0.2, 0.25) is 17.6 Å². The van der Waals surface area contributed by atoms with E-state index in [4.69, 9.17) is 5.73 Å². The van der Waals surface area contributed by atoms with Crippen LogP contribution in [0.25, 0.3) is 0 Å². The molecule has 13 heteroatoms. The van der Waals surface area contributed by atoms with E-state index in [2.05, 4.69) is 16.0 Å². The Morgan fingerprint density at radius 2 is 1.68 bits per heavy atom. The van der Waals surface area contributed by atoms with Crippen molar-refractivity contribution < 1.29 is 37.9 Å². The Kier molecular flexibility index (Phi) is 10.9. The van der Waals surface area contributed by atoms with Crippen molar-refractivity contribution in [1.29, 1.82) is 0 Å². The minimum Gasteiger partial charge on any atom is -0.393 e. The van der Waals surface area contributed by atoms with Crippen molar-refractivity contribution in [3.05, 3.63) is 0 Å². The first kappa shape index (κ1) is 34.4. The maximum Gasteiger partial charge on any atom is 0.315 e. The molecular weight excluding hydrogens is 540 g/mol. The second-order valence-electron chi connectivity index (χ2n) is 12.9. The highest BCUT2D eigenvalue weighted by Gasteiger charge is 2.58. The molecule has 2 fully saturated rings. The standard InChI is InChI=1S/C28H47F2N5O6/c1-8-11-27(7,9-2)34-25(41)33-21(26(4,5)6)24(40)35-12-10-17(15(3)36)19(35)23(39)32-18(20(37)22(31)38)13-16-14-28(16,29)30/h15-19,21,36H,8-14H2,1-7H3,(H2,31,38)(H,32,39)(H2,33,34,41)/t15-,16?,17?,18?,19?,21?,27?/m0/s1. The minimum atomic E-state index is -3.00. The maximum atomic E-state index is 14.0. The smallest absolute Gasteiger partial charge is 0.315 e. The zero-order chi connectivity index (χ0) is 31.5. The molecule has 1 aliphatic carbocycles. The number of aliphatic hydroxyl groups is 1. The average Bonchev–Trinajstić information content (AvgIpc) is 3.24. The first-order valence-corrected chi connectivity index (χ1v) is 14.4. The molecule has 2 rings (SSSR count). The van der Waals surface area contributed by atoms with E-state index in [1.807, 2.05) is 20.8 Å². The summed E-state index contributed by atoms with van der Waals surface area (Å²) < 4.78 is 27.2. The average molecular weight is 588 g/mol. The Hall–Kier alpha value is -2.83. The normalized spacial score (nSPS) is 25.3. The number of nitrogens with two attached hydrogens (primary N) is 1. The van der Waals surface area contributed by atoms with Gasteiger partial charge in [0, 0.05) is 30.3 Å². The van der Waals surface area contributed by atoms with Crippen LogP contribution in [0.3, 0.4) is 0 Å². The molecule has 1 heterocycles. The molecule has 6 unspecified atom stereocenters. The van der Waals surface area contributed by atoms with E-state index in [1.54, 1.807) is 20.8 Å². The Morgan fingerprint density at radius 1 is 1.10 bits per heavy atom. The lowest BCUT2D eigenvalue weighted by atomic mass is 9.85. The van der Waals surface area contributed by atoms with Crippen molar-refractivity contribution >= 4 is 29.5 Å². The summed E-state index contributed by atoms with van der Waals surface area (Å²) in [6.45, 7) is 12.7. The van der Waals surface area contributed by atoms with Gasteiger partial charge in [0.1, 0.15) is 12.1 Å². The quantitative estimate of drug-likeness (QED) is 0.206. The van der Waals surface area contributed by atoms with E-state index in [0.29, 0.717) is 6.42 Å². The number of primary amides is 1. The van der Waals surface area contributed by atoms with Crippen molar-refractivity contribution in [2.24, 2.45) is 23.0 Å². The molecule has 0 bridgehead atoms. The van der Waals surface area contributed by atoms with Crippen LogP contribution >= 0.6 is 0 Å². The van der Waals surface area contributed by atoms with Crippen LogP contribution in [-0.2, 0) is 19.2 Å². The monoisotopic (exact) mass is 587 g/mol. The van der Waals surface area contributed by atoms with Gasteiger partial charge in [0.15, 0.2) is 0 Å². The second-order valence-corrected chi connectivity index (χ2v) is 12.9. The summed E-state index contributed by atoms with van der Waals surface area (Å²) in [5, 5.41) is 18.5. The molecule has 7 atom stereocenters. The van der Waals surface area contributed by atoms with Gasteiger partial charge in [0.25, 0.3) is 11.8 Å². The molecule has 0 aromatic rings. The number of nitrogens with zero attached hydrogens (tertiary/aromatic N) is 1. The molecule has 1 saturated carbocycles. The molecule has 41 heavy (non-hydrogen) atoms. The molecular formula is C28H47F2N5O6. The summed E-state index contributed by atoms with van der Waals surface area (Å²) >= 11 is 0. The van der Waals surface area contributed by atoms with Gasteiger partial charge in [-0.25, -0.2) is 13.6 Å². The highest BCUT2D eigenvalue weighted by Crippen LogP contribution is 2.51. The van der Waals surface area contributed by atoms with Crippen molar-refractivity contribution in [3.8, 4) is 0 Å². The first-order chi connectivity index (χ1) is 18.8. The fourth-order valence-corrected chi connectivity index (χ4v) is 5.51. The maximum absolute atomic E-state index is 14.0. The number of nitrogens with one attached hydrogen (secondary N) is 3. The summed E-state index contributed by atoms with van der Waals surface area (Å²) in [6.07, 6.45) is 0.482. The number of Topliss-reactive ketones (excluding diaryl/α,β-unsaturated/α-hetero) is 1. The third-order valence-corrected chi connectivity index (χ3v) is 8.35. The number of carbonyl (C=O) groups excluding carboxylic acids is 5. The van der Waals surface area contributed by atoms with Crippen LogP contribution in [0, 0.1) is 17.3 Å². The fraction of sp³-hybridized carbons (Fsp3) is 0.821. The molecule has 0 aromatic heterocycles. The molecule has 6 N–H and O–H groups in total. The Morgan fingerprint density at radius 3 is 2.12 bits per heavy atom. The lowest BCUT2D eigenvalue weighted by molar-refractivity contribution is -0.145. The Labute approximate surface area is 240 Å². The van der Waals surface area contributed by atoms with Crippen LogP contribution in [0.15, 0.2) is 0 Å². The zero-order valence-corrected chi connectivity index (χ0v) is 25.2. The molecule has 5 amide bonds. The van der Waals surface area contributed by atoms with Gasteiger partial charge in [-0.2, -0.15) is 0 Å². The third-order valence-electron chi connectivity index (χ3n) is 8.35.